The van der Waals surface area contributed by atoms with Gasteiger partial charge in [0.15, 0.2) is 0 Å². The Labute approximate surface area is 105 Å². The number of nitrogens with zero attached hydrogens (tertiary/aromatic N) is 3. The fraction of sp³-hybridized carbons (Fsp3) is 0.385. The van der Waals surface area contributed by atoms with Crippen LogP contribution >= 0.6 is 0 Å². The Morgan fingerprint density at radius 1 is 1.33 bits per heavy atom. The van der Waals surface area contributed by atoms with Gasteiger partial charge in [-0.25, -0.2) is 4.98 Å². The van der Waals surface area contributed by atoms with Gasteiger partial charge in [0.05, 0.1) is 5.56 Å². The number of pyridine rings is 1. The average molecular weight is 244 g/mol. The first-order valence-corrected chi connectivity index (χ1v) is 6.15. The first-order valence-electron chi connectivity index (χ1n) is 6.15. The van der Waals surface area contributed by atoms with Crippen molar-refractivity contribution in [1.82, 2.24) is 19.8 Å². The molecule has 3 heterocycles. The highest BCUT2D eigenvalue weighted by Gasteiger charge is 2.20. The number of H-pyrrole nitrogens is 1. The van der Waals surface area contributed by atoms with Crippen LogP contribution in [-0.4, -0.2) is 58.9 Å². The van der Waals surface area contributed by atoms with E-state index in [2.05, 4.69) is 21.9 Å². The summed E-state index contributed by atoms with van der Waals surface area (Å²) in [5.74, 6) is 0.0821. The molecule has 94 valence electrons. The molecule has 2 aromatic heterocycles. The number of nitrogens with one attached hydrogen (secondary N) is 1. The van der Waals surface area contributed by atoms with Gasteiger partial charge < -0.3 is 14.8 Å². The number of aromatic nitrogens is 2. The molecule has 0 saturated carbocycles. The number of hydrogen-bond donors (Lipinski definition) is 1. The predicted octanol–water partition coefficient (Wildman–Crippen LogP) is 0.950. The molecule has 1 aliphatic rings. The molecule has 1 saturated heterocycles. The van der Waals surface area contributed by atoms with Crippen molar-refractivity contribution in [2.75, 3.05) is 33.2 Å². The fourth-order valence-corrected chi connectivity index (χ4v) is 2.25. The van der Waals surface area contributed by atoms with E-state index in [1.54, 1.807) is 6.20 Å². The second-order valence-electron chi connectivity index (χ2n) is 4.73. The number of likely N-dealkylation sites (N-methyl/N-ethyl adjacent to an activating group) is 1. The van der Waals surface area contributed by atoms with Gasteiger partial charge in [0.2, 0.25) is 0 Å². The summed E-state index contributed by atoms with van der Waals surface area (Å²) in [6, 6.07) is 3.84. The molecule has 0 unspecified atom stereocenters. The Bertz CT molecular complexity index is 569. The predicted molar refractivity (Wildman–Crippen MR) is 69.5 cm³/mol. The fourth-order valence-electron chi connectivity index (χ4n) is 2.25. The third-order valence-electron chi connectivity index (χ3n) is 3.44. The highest BCUT2D eigenvalue weighted by atomic mass is 16.2. The molecule has 0 spiro atoms. The van der Waals surface area contributed by atoms with Gasteiger partial charge in [-0.3, -0.25) is 4.79 Å². The minimum atomic E-state index is 0.0821. The Kier molecular flexibility index (Phi) is 2.76. The summed E-state index contributed by atoms with van der Waals surface area (Å²) in [5, 5.41) is 0.981. The molecule has 0 aliphatic carbocycles. The van der Waals surface area contributed by atoms with Crippen LogP contribution in [0.2, 0.25) is 0 Å². The Balaban J connectivity index is 1.82. The summed E-state index contributed by atoms with van der Waals surface area (Å²) >= 11 is 0. The average Bonchev–Trinajstić information content (AvgIpc) is 2.86. The maximum atomic E-state index is 12.3. The summed E-state index contributed by atoms with van der Waals surface area (Å²) in [6.07, 6.45) is 3.49. The van der Waals surface area contributed by atoms with Crippen LogP contribution in [0.3, 0.4) is 0 Å². The van der Waals surface area contributed by atoms with E-state index in [0.717, 1.165) is 37.2 Å². The SMILES string of the molecule is CN1CCN(C(=O)c2cnc3[nH]ccc3c2)CC1. The lowest BCUT2D eigenvalue weighted by atomic mass is 10.2. The first-order chi connectivity index (χ1) is 8.74. The monoisotopic (exact) mass is 244 g/mol. The van der Waals surface area contributed by atoms with Crippen molar-refractivity contribution in [3.8, 4) is 0 Å². The van der Waals surface area contributed by atoms with Crippen molar-refractivity contribution in [3.05, 3.63) is 30.1 Å². The zero-order chi connectivity index (χ0) is 12.5. The van der Waals surface area contributed by atoms with E-state index in [4.69, 9.17) is 0 Å². The van der Waals surface area contributed by atoms with Crippen molar-refractivity contribution in [1.29, 1.82) is 0 Å². The number of carbonyl (C=O) groups is 1. The van der Waals surface area contributed by atoms with Crippen LogP contribution < -0.4 is 0 Å². The number of rotatable bonds is 1. The van der Waals surface area contributed by atoms with E-state index < -0.39 is 0 Å². The van der Waals surface area contributed by atoms with E-state index in [1.165, 1.54) is 0 Å². The highest BCUT2D eigenvalue weighted by Crippen LogP contribution is 2.14. The molecule has 2 aromatic rings. The minimum absolute atomic E-state index is 0.0821. The highest BCUT2D eigenvalue weighted by molar-refractivity contribution is 5.97. The lowest BCUT2D eigenvalue weighted by Gasteiger charge is -2.32. The normalized spacial score (nSPS) is 17.3. The summed E-state index contributed by atoms with van der Waals surface area (Å²) < 4.78 is 0. The Morgan fingerprint density at radius 3 is 2.89 bits per heavy atom. The van der Waals surface area contributed by atoms with Gasteiger partial charge >= 0.3 is 0 Å². The largest absolute Gasteiger partial charge is 0.346 e. The molecule has 1 N–H and O–H groups in total. The lowest BCUT2D eigenvalue weighted by Crippen LogP contribution is -2.47. The Morgan fingerprint density at radius 2 is 2.11 bits per heavy atom. The van der Waals surface area contributed by atoms with Crippen molar-refractivity contribution < 1.29 is 4.79 Å². The van der Waals surface area contributed by atoms with Gasteiger partial charge in [0.1, 0.15) is 5.65 Å². The number of aromatic amines is 1. The summed E-state index contributed by atoms with van der Waals surface area (Å²) in [7, 11) is 2.08. The molecule has 5 nitrogen and oxygen atoms in total. The summed E-state index contributed by atoms with van der Waals surface area (Å²) in [5.41, 5.74) is 1.50. The number of hydrogen-bond acceptors (Lipinski definition) is 3. The second-order valence-corrected chi connectivity index (χ2v) is 4.73. The van der Waals surface area contributed by atoms with Crippen molar-refractivity contribution in [3.63, 3.8) is 0 Å². The summed E-state index contributed by atoms with van der Waals surface area (Å²) in [4.78, 5) is 23.7. The minimum Gasteiger partial charge on any atom is -0.346 e. The zero-order valence-corrected chi connectivity index (χ0v) is 10.4. The van der Waals surface area contributed by atoms with E-state index in [0.29, 0.717) is 5.56 Å². The van der Waals surface area contributed by atoms with Crippen LogP contribution in [0.4, 0.5) is 0 Å². The van der Waals surface area contributed by atoms with E-state index in [1.807, 2.05) is 23.2 Å². The Hall–Kier alpha value is -1.88. The molecule has 3 rings (SSSR count). The molecular weight excluding hydrogens is 228 g/mol. The number of amides is 1. The maximum absolute atomic E-state index is 12.3. The number of fused-ring (bicyclic) bond motifs is 1. The van der Waals surface area contributed by atoms with E-state index in [9.17, 15) is 4.79 Å². The van der Waals surface area contributed by atoms with Gasteiger partial charge in [-0.15, -0.1) is 0 Å². The molecule has 0 atom stereocenters. The van der Waals surface area contributed by atoms with Gasteiger partial charge in [-0.05, 0) is 19.2 Å². The van der Waals surface area contributed by atoms with Crippen LogP contribution in [0.5, 0.6) is 0 Å². The molecule has 1 aliphatic heterocycles. The summed E-state index contributed by atoms with van der Waals surface area (Å²) in [6.45, 7) is 3.46. The van der Waals surface area contributed by atoms with E-state index >= 15 is 0 Å². The smallest absolute Gasteiger partial charge is 0.255 e. The molecule has 1 fully saturated rings. The van der Waals surface area contributed by atoms with Crippen LogP contribution in [-0.2, 0) is 0 Å². The van der Waals surface area contributed by atoms with Gasteiger partial charge in [-0.1, -0.05) is 0 Å². The number of carbonyl (C=O) groups excluding carboxylic acids is 1. The third kappa shape index (κ3) is 1.97. The number of piperazine rings is 1. The van der Waals surface area contributed by atoms with Crippen LogP contribution in [0.25, 0.3) is 11.0 Å². The van der Waals surface area contributed by atoms with Gasteiger partial charge in [0, 0.05) is 44.0 Å². The standard InChI is InChI=1S/C13H16N4O/c1-16-4-6-17(7-5-16)13(18)11-8-10-2-3-14-12(10)15-9-11/h2-3,8-9H,4-7H2,1H3,(H,14,15). The molecule has 0 bridgehead atoms. The quantitative estimate of drug-likeness (QED) is 0.812. The molecule has 18 heavy (non-hydrogen) atoms. The molecular formula is C13H16N4O. The molecule has 5 heteroatoms. The zero-order valence-electron chi connectivity index (χ0n) is 10.4. The first kappa shape index (κ1) is 11.2. The van der Waals surface area contributed by atoms with Gasteiger partial charge in [0.25, 0.3) is 5.91 Å². The van der Waals surface area contributed by atoms with Crippen molar-refractivity contribution >= 4 is 16.9 Å². The van der Waals surface area contributed by atoms with Crippen molar-refractivity contribution in [2.45, 2.75) is 0 Å². The van der Waals surface area contributed by atoms with Crippen LogP contribution in [0, 0.1) is 0 Å². The maximum Gasteiger partial charge on any atom is 0.255 e. The molecule has 0 radical (unpaired) electrons. The third-order valence-corrected chi connectivity index (χ3v) is 3.44. The van der Waals surface area contributed by atoms with Crippen LogP contribution in [0.15, 0.2) is 24.5 Å². The van der Waals surface area contributed by atoms with Crippen LogP contribution in [0.1, 0.15) is 10.4 Å². The van der Waals surface area contributed by atoms with Crippen molar-refractivity contribution in [2.24, 2.45) is 0 Å². The second kappa shape index (κ2) is 4.42. The molecule has 1 amide bonds. The van der Waals surface area contributed by atoms with Gasteiger partial charge in [-0.2, -0.15) is 0 Å². The lowest BCUT2D eigenvalue weighted by molar-refractivity contribution is 0.0664. The molecule has 0 aromatic carbocycles. The van der Waals surface area contributed by atoms with E-state index in [-0.39, 0.29) is 5.91 Å². The topological polar surface area (TPSA) is 52.2 Å².